The summed E-state index contributed by atoms with van der Waals surface area (Å²) in [7, 11) is 0. The normalized spacial score (nSPS) is 13.8. The van der Waals surface area contributed by atoms with Crippen LogP contribution in [0.15, 0.2) is 36.4 Å². The molecule has 2 atom stereocenters. The SMILES string of the molecule is Cc1ccc(C(O)C(C)Oc2cccc(Cl)c2)c(F)c1F. The maximum absolute atomic E-state index is 13.9. The Morgan fingerprint density at radius 2 is 1.86 bits per heavy atom. The lowest BCUT2D eigenvalue weighted by atomic mass is 10.0. The fourth-order valence-electron chi connectivity index (χ4n) is 1.96. The van der Waals surface area contributed by atoms with Crippen LogP contribution in [0.3, 0.4) is 0 Å². The van der Waals surface area contributed by atoms with Crippen LogP contribution in [0.5, 0.6) is 5.75 Å². The first-order valence-electron chi connectivity index (χ1n) is 6.45. The number of benzene rings is 2. The van der Waals surface area contributed by atoms with E-state index in [1.165, 1.54) is 19.1 Å². The molecule has 0 aliphatic heterocycles. The Labute approximate surface area is 126 Å². The molecule has 112 valence electrons. The standard InChI is InChI=1S/C16H15ClF2O2/c1-9-6-7-13(15(19)14(9)18)16(20)10(2)21-12-5-3-4-11(17)8-12/h3-8,10,16,20H,1-2H3. The third-order valence-electron chi connectivity index (χ3n) is 3.19. The van der Waals surface area contributed by atoms with E-state index in [9.17, 15) is 13.9 Å². The molecule has 2 aromatic rings. The van der Waals surface area contributed by atoms with E-state index in [1.54, 1.807) is 31.2 Å². The topological polar surface area (TPSA) is 29.5 Å². The Kier molecular flexibility index (Phi) is 4.80. The second-order valence-corrected chi connectivity index (χ2v) is 5.26. The van der Waals surface area contributed by atoms with E-state index in [0.29, 0.717) is 10.8 Å². The van der Waals surface area contributed by atoms with Gasteiger partial charge in [0.1, 0.15) is 18.0 Å². The van der Waals surface area contributed by atoms with Crippen LogP contribution in [0.2, 0.25) is 5.02 Å². The van der Waals surface area contributed by atoms with Gasteiger partial charge < -0.3 is 9.84 Å². The first-order valence-corrected chi connectivity index (χ1v) is 6.82. The highest BCUT2D eigenvalue weighted by molar-refractivity contribution is 6.30. The van der Waals surface area contributed by atoms with Crippen molar-refractivity contribution < 1.29 is 18.6 Å². The summed E-state index contributed by atoms with van der Waals surface area (Å²) in [5, 5.41) is 10.6. The zero-order valence-electron chi connectivity index (χ0n) is 11.6. The molecule has 2 nitrogen and oxygen atoms in total. The van der Waals surface area contributed by atoms with E-state index >= 15 is 0 Å². The van der Waals surface area contributed by atoms with Crippen LogP contribution >= 0.6 is 11.6 Å². The van der Waals surface area contributed by atoms with Crippen LogP contribution < -0.4 is 4.74 Å². The van der Waals surface area contributed by atoms with Crippen LogP contribution in [0, 0.1) is 18.6 Å². The van der Waals surface area contributed by atoms with Gasteiger partial charge in [-0.3, -0.25) is 0 Å². The molecule has 0 aromatic heterocycles. The van der Waals surface area contributed by atoms with E-state index in [4.69, 9.17) is 16.3 Å². The van der Waals surface area contributed by atoms with E-state index in [1.807, 2.05) is 0 Å². The number of aliphatic hydroxyl groups excluding tert-OH is 1. The Bertz CT molecular complexity index is 646. The average Bonchev–Trinajstić information content (AvgIpc) is 2.44. The van der Waals surface area contributed by atoms with Gasteiger partial charge in [0, 0.05) is 10.6 Å². The Balaban J connectivity index is 2.20. The molecule has 0 fully saturated rings. The van der Waals surface area contributed by atoms with Gasteiger partial charge in [0.2, 0.25) is 0 Å². The molecule has 0 saturated heterocycles. The minimum Gasteiger partial charge on any atom is -0.488 e. The molecule has 0 radical (unpaired) electrons. The number of hydrogen-bond donors (Lipinski definition) is 1. The van der Waals surface area contributed by atoms with Gasteiger partial charge in [0.05, 0.1) is 0 Å². The molecular formula is C16H15ClF2O2. The van der Waals surface area contributed by atoms with Crippen LogP contribution in [-0.2, 0) is 0 Å². The lowest BCUT2D eigenvalue weighted by Gasteiger charge is -2.21. The summed E-state index contributed by atoms with van der Waals surface area (Å²) in [6.07, 6.45) is -2.06. The van der Waals surface area contributed by atoms with Crippen molar-refractivity contribution in [1.29, 1.82) is 0 Å². The molecule has 2 unspecified atom stereocenters. The summed E-state index contributed by atoms with van der Waals surface area (Å²) >= 11 is 5.84. The van der Waals surface area contributed by atoms with Gasteiger partial charge in [-0.25, -0.2) is 8.78 Å². The summed E-state index contributed by atoms with van der Waals surface area (Å²) < 4.78 is 32.9. The van der Waals surface area contributed by atoms with Crippen LogP contribution in [-0.4, -0.2) is 11.2 Å². The van der Waals surface area contributed by atoms with Gasteiger partial charge in [-0.1, -0.05) is 29.8 Å². The van der Waals surface area contributed by atoms with Crippen LogP contribution in [0.1, 0.15) is 24.2 Å². The second kappa shape index (κ2) is 6.41. The van der Waals surface area contributed by atoms with Crippen molar-refractivity contribution in [3.63, 3.8) is 0 Å². The third kappa shape index (κ3) is 3.52. The van der Waals surface area contributed by atoms with E-state index < -0.39 is 23.8 Å². The van der Waals surface area contributed by atoms with Crippen molar-refractivity contribution in [2.24, 2.45) is 0 Å². The Morgan fingerprint density at radius 3 is 2.52 bits per heavy atom. The summed E-state index contributed by atoms with van der Waals surface area (Å²) in [4.78, 5) is 0. The Hall–Kier alpha value is -1.65. The first-order chi connectivity index (χ1) is 9.90. The van der Waals surface area contributed by atoms with Crippen molar-refractivity contribution in [2.45, 2.75) is 26.1 Å². The van der Waals surface area contributed by atoms with Crippen molar-refractivity contribution in [1.82, 2.24) is 0 Å². The number of aliphatic hydroxyl groups is 1. The maximum atomic E-state index is 13.9. The highest BCUT2D eigenvalue weighted by Gasteiger charge is 2.24. The van der Waals surface area contributed by atoms with Crippen molar-refractivity contribution >= 4 is 11.6 Å². The predicted octanol–water partition coefficient (Wildman–Crippen LogP) is 4.43. The fraction of sp³-hybridized carbons (Fsp3) is 0.250. The number of halogens is 3. The highest BCUT2D eigenvalue weighted by Crippen LogP contribution is 2.27. The molecular weight excluding hydrogens is 298 g/mol. The lowest BCUT2D eigenvalue weighted by Crippen LogP contribution is -2.23. The molecule has 2 aromatic carbocycles. The van der Waals surface area contributed by atoms with Gasteiger partial charge in [-0.2, -0.15) is 0 Å². The van der Waals surface area contributed by atoms with E-state index in [2.05, 4.69) is 0 Å². The summed E-state index contributed by atoms with van der Waals surface area (Å²) in [5.74, 6) is -1.56. The van der Waals surface area contributed by atoms with Gasteiger partial charge in [0.25, 0.3) is 0 Å². The molecule has 0 bridgehead atoms. The first kappa shape index (κ1) is 15.7. The molecule has 5 heteroatoms. The molecule has 0 aliphatic rings. The van der Waals surface area contributed by atoms with Crippen molar-refractivity contribution in [3.05, 3.63) is 64.2 Å². The fourth-order valence-corrected chi connectivity index (χ4v) is 2.14. The van der Waals surface area contributed by atoms with Gasteiger partial charge >= 0.3 is 0 Å². The molecule has 21 heavy (non-hydrogen) atoms. The summed E-state index contributed by atoms with van der Waals surface area (Å²) in [6, 6.07) is 9.41. The third-order valence-corrected chi connectivity index (χ3v) is 3.42. The average molecular weight is 313 g/mol. The summed E-state index contributed by atoms with van der Waals surface area (Å²) in [6.45, 7) is 3.03. The highest BCUT2D eigenvalue weighted by atomic mass is 35.5. The smallest absolute Gasteiger partial charge is 0.165 e. The minimum absolute atomic E-state index is 0.132. The van der Waals surface area contributed by atoms with Crippen molar-refractivity contribution in [3.8, 4) is 5.75 Å². The number of ether oxygens (including phenoxy) is 1. The number of rotatable bonds is 4. The molecule has 2 rings (SSSR count). The number of hydrogen-bond acceptors (Lipinski definition) is 2. The quantitative estimate of drug-likeness (QED) is 0.905. The predicted molar refractivity (Wildman–Crippen MR) is 77.6 cm³/mol. The molecule has 0 amide bonds. The van der Waals surface area contributed by atoms with Gasteiger partial charge in [-0.05, 0) is 37.6 Å². The van der Waals surface area contributed by atoms with Crippen LogP contribution in [0.25, 0.3) is 0 Å². The molecule has 0 aliphatic carbocycles. The largest absolute Gasteiger partial charge is 0.488 e. The van der Waals surface area contributed by atoms with Crippen molar-refractivity contribution in [2.75, 3.05) is 0 Å². The molecule has 0 spiro atoms. The second-order valence-electron chi connectivity index (χ2n) is 4.82. The van der Waals surface area contributed by atoms with Crippen LogP contribution in [0.4, 0.5) is 8.78 Å². The minimum atomic E-state index is -1.29. The molecule has 0 heterocycles. The maximum Gasteiger partial charge on any atom is 0.165 e. The monoisotopic (exact) mass is 312 g/mol. The molecule has 1 N–H and O–H groups in total. The van der Waals surface area contributed by atoms with E-state index in [0.717, 1.165) is 0 Å². The molecule has 0 saturated carbocycles. The zero-order valence-corrected chi connectivity index (χ0v) is 12.4. The number of aryl methyl sites for hydroxylation is 1. The van der Waals surface area contributed by atoms with Gasteiger partial charge in [-0.15, -0.1) is 0 Å². The lowest BCUT2D eigenvalue weighted by molar-refractivity contribution is 0.0439. The van der Waals surface area contributed by atoms with Gasteiger partial charge in [0.15, 0.2) is 11.6 Å². The van der Waals surface area contributed by atoms with E-state index in [-0.39, 0.29) is 11.1 Å². The summed E-state index contributed by atoms with van der Waals surface area (Å²) in [5.41, 5.74) is 0.0551. The zero-order chi connectivity index (χ0) is 15.6. The Morgan fingerprint density at radius 1 is 1.14 bits per heavy atom.